The number of nitrogens with zero attached hydrogens (tertiary/aromatic N) is 7. The van der Waals surface area contributed by atoms with Crippen LogP contribution >= 0.6 is 0 Å². The van der Waals surface area contributed by atoms with Crippen LogP contribution < -0.4 is 26.2 Å². The lowest BCUT2D eigenvalue weighted by molar-refractivity contribution is 0.590. The third kappa shape index (κ3) is 10.9. The van der Waals surface area contributed by atoms with Crippen LogP contribution in [-0.4, -0.2) is 30.8 Å². The molecule has 0 bridgehead atoms. The molecule has 2 aliphatic heterocycles. The maximum Gasteiger partial charge on any atom is 0.252 e. The predicted octanol–water partition coefficient (Wildman–Crippen LogP) is 24.4. The van der Waals surface area contributed by atoms with Crippen molar-refractivity contribution in [2.45, 2.75) is 52.4 Å². The van der Waals surface area contributed by atoms with Crippen LogP contribution in [0.25, 0.3) is 134 Å². The lowest BCUT2D eigenvalue weighted by Crippen LogP contribution is -2.61. The summed E-state index contributed by atoms with van der Waals surface area (Å²) in [6.45, 7) is 11.6. The van der Waals surface area contributed by atoms with E-state index in [0.717, 1.165) is 22.3 Å². The second-order valence-electron chi connectivity index (χ2n) is 29.6. The van der Waals surface area contributed by atoms with Gasteiger partial charge in [0, 0.05) is 83.4 Å². The monoisotopic (exact) mass is 1420 g/mol. The molecule has 0 unspecified atom stereocenters. The van der Waals surface area contributed by atoms with Gasteiger partial charge in [0.15, 0.2) is 17.5 Å². The van der Waals surface area contributed by atoms with Gasteiger partial charge in [0.25, 0.3) is 6.71 Å². The van der Waals surface area contributed by atoms with E-state index >= 15 is 0 Å². The molecule has 0 saturated heterocycles. The maximum atomic E-state index is 10.3. The van der Waals surface area contributed by atoms with Crippen LogP contribution in [0.1, 0.15) is 81.5 Å². The normalized spacial score (nSPS) is 15.3. The van der Waals surface area contributed by atoms with Gasteiger partial charge in [-0.05, 0) is 145 Å². The molecule has 0 amide bonds. The molecule has 0 aliphatic carbocycles. The van der Waals surface area contributed by atoms with Crippen LogP contribution in [0, 0.1) is 0 Å². The molecule has 8 heteroatoms. The highest BCUT2D eigenvalue weighted by Gasteiger charge is 2.47. The van der Waals surface area contributed by atoms with Crippen LogP contribution in [0.15, 0.2) is 351 Å². The fourth-order valence-corrected chi connectivity index (χ4v) is 15.9. The Morgan fingerprint density at radius 2 is 0.624 bits per heavy atom. The summed E-state index contributed by atoms with van der Waals surface area (Å²) < 4.78 is 205. The number of hydrogen-bond donors (Lipinski definition) is 0. The van der Waals surface area contributed by atoms with Crippen molar-refractivity contribution in [2.24, 2.45) is 0 Å². The van der Waals surface area contributed by atoms with Gasteiger partial charge in [0.1, 0.15) is 0 Å². The first-order chi connectivity index (χ1) is 62.1. The largest absolute Gasteiger partial charge is 0.310 e. The number of rotatable bonds is 11. The molecule has 0 fully saturated rings. The fraction of sp³-hybridized carbons (Fsp3) is 0.0792. The Bertz CT molecular complexity index is 7660. The smallest absolute Gasteiger partial charge is 0.252 e. The Balaban J connectivity index is 1.07. The molecule has 109 heavy (non-hydrogen) atoms. The van der Waals surface area contributed by atoms with E-state index in [1.54, 1.807) is 24.3 Å². The SMILES string of the molecule is [2H]c1c([2H])c([2H])c(-c2ccc3c(c2)N(c2c(-c4ccccc4)cc(C(C)(C)C)cc2-c2ccccc2)c2cc(-n4c5c([2H])c([2H])c([2H])c([2H])c5c5c([2H])c([2H])c([2H])c([2H])c54)cc4c2B3c2ccc(-n3c5c([2H])c([2H])c([2H])c([2H])c5c5c([2H])c([2H])c([2H])c([2H])c53)cc2N4c2c(-c3ccccc3)cc(C(C)(C)C)cc2-c2nc(-c3ccccc3)nc(-c3ccccc3)n2)c([2H])c1[2H]. The van der Waals surface area contributed by atoms with Gasteiger partial charge in [-0.25, -0.2) is 15.0 Å². The summed E-state index contributed by atoms with van der Waals surface area (Å²) in [6, 6.07) is 58.3. The van der Waals surface area contributed by atoms with Crippen LogP contribution in [0.5, 0.6) is 0 Å². The van der Waals surface area contributed by atoms with Crippen LogP contribution in [0.3, 0.4) is 0 Å². The average molecular weight is 1420 g/mol. The summed E-state index contributed by atoms with van der Waals surface area (Å²) in [5, 5.41) is -0.829. The number of fused-ring (bicyclic) bond motifs is 10. The van der Waals surface area contributed by atoms with Gasteiger partial charge in [-0.1, -0.05) is 314 Å². The molecule has 15 aromatic carbocycles. The highest BCUT2D eigenvalue weighted by molar-refractivity contribution is 7.00. The first-order valence-electron chi connectivity index (χ1n) is 46.6. The van der Waals surface area contributed by atoms with Gasteiger partial charge in [-0.3, -0.25) is 0 Å². The molecule has 0 atom stereocenters. The summed E-state index contributed by atoms with van der Waals surface area (Å²) in [7, 11) is 0. The third-order valence-corrected chi connectivity index (χ3v) is 21.0. The van der Waals surface area contributed by atoms with Crippen molar-refractivity contribution in [3.05, 3.63) is 362 Å². The third-order valence-electron chi connectivity index (χ3n) is 21.0. The van der Waals surface area contributed by atoms with Crippen molar-refractivity contribution in [2.75, 3.05) is 9.80 Å². The quantitative estimate of drug-likeness (QED) is 0.121. The van der Waals surface area contributed by atoms with E-state index in [9.17, 15) is 27.4 Å². The Morgan fingerprint density at radius 3 is 1.05 bits per heavy atom. The number of para-hydroxylation sites is 4. The average Bonchev–Trinajstić information content (AvgIpc) is 1.45. The number of hydrogen-bond acceptors (Lipinski definition) is 5. The second kappa shape index (κ2) is 25.7. The summed E-state index contributed by atoms with van der Waals surface area (Å²) in [5.41, 5.74) is 9.34. The Kier molecular flexibility index (Phi) is 11.0. The van der Waals surface area contributed by atoms with Gasteiger partial charge in [-0.15, -0.1) is 0 Å². The first-order valence-corrected chi connectivity index (χ1v) is 36.1. The number of aromatic nitrogens is 5. The second-order valence-corrected chi connectivity index (χ2v) is 29.6. The van der Waals surface area contributed by atoms with Crippen molar-refractivity contribution in [3.63, 3.8) is 0 Å². The summed E-state index contributed by atoms with van der Waals surface area (Å²) in [6.07, 6.45) is 0. The zero-order valence-corrected chi connectivity index (χ0v) is 60.1. The Morgan fingerprint density at radius 1 is 0.284 bits per heavy atom. The molecule has 18 aromatic rings. The highest BCUT2D eigenvalue weighted by atomic mass is 15.2. The van der Waals surface area contributed by atoms with Crippen molar-refractivity contribution in [3.8, 4) is 90.0 Å². The van der Waals surface area contributed by atoms with E-state index in [1.807, 2.05) is 187 Å². The molecule has 2 aliphatic rings. The lowest BCUT2D eigenvalue weighted by atomic mass is 9.33. The topological polar surface area (TPSA) is 55.0 Å². The molecule has 518 valence electrons. The maximum absolute atomic E-state index is 10.3. The van der Waals surface area contributed by atoms with Crippen LogP contribution in [0.2, 0.25) is 0 Å². The molecule has 0 saturated carbocycles. The van der Waals surface area contributed by atoms with E-state index in [0.29, 0.717) is 83.8 Å². The van der Waals surface area contributed by atoms with Crippen LogP contribution in [0.4, 0.5) is 34.1 Å². The zero-order valence-electron chi connectivity index (χ0n) is 81.1. The van der Waals surface area contributed by atoms with E-state index in [1.165, 1.54) is 9.13 Å². The van der Waals surface area contributed by atoms with Crippen molar-refractivity contribution in [1.29, 1.82) is 0 Å². The standard InChI is InChI=1S/C101H76BN7/c1-100(2,3)72-58-80(66-35-15-8-16-36-66)95(81(59-72)67-37-17-9-18-38-67)108-90-57-71(65-33-13-7-14-34-65)53-55-84(90)102-85-56-54-74(106-86-49-29-25-45-76(86)77-46-26-30-50-87(77)106)62-91(85)109(93-64-75(63-92(108)94(93)102)107-88-51-31-27-47-78(88)79-48-28-32-52-89(79)107)96-82(68-39-19-10-20-40-68)60-73(101(4,5)6)61-83(96)99-104-97(69-41-21-11-22-42-69)103-98(105-99)70-43-23-12-24-44-70/h7-64H,1-6H3/i7D,13D,14D,25D,26D,27D,28D,29D,30D,31D,32D,33D,34D,45D,46D,47D,48D,49D,50D,51D,52D. The van der Waals surface area contributed by atoms with E-state index in [4.69, 9.17) is 16.3 Å². The molecular formula is C101H76BN7. The van der Waals surface area contributed by atoms with Crippen molar-refractivity contribution >= 4 is 101 Å². The first kappa shape index (κ1) is 46.5. The van der Waals surface area contributed by atoms with Gasteiger partial charge >= 0.3 is 0 Å². The molecule has 20 rings (SSSR count). The molecule has 5 heterocycles. The Labute approximate surface area is 665 Å². The van der Waals surface area contributed by atoms with Gasteiger partial charge in [0.05, 0.1) is 67.9 Å². The van der Waals surface area contributed by atoms with E-state index < -0.39 is 144 Å². The molecule has 0 radical (unpaired) electrons. The summed E-state index contributed by atoms with van der Waals surface area (Å²) >= 11 is 0. The van der Waals surface area contributed by atoms with Gasteiger partial charge in [-0.2, -0.15) is 0 Å². The Hall–Kier alpha value is -13.4. The van der Waals surface area contributed by atoms with E-state index in [2.05, 4.69) is 64.6 Å². The molecule has 0 spiro atoms. The summed E-state index contributed by atoms with van der Waals surface area (Å²) in [5.74, 6) is 0.733. The minimum absolute atomic E-state index is 0.0534. The van der Waals surface area contributed by atoms with Crippen molar-refractivity contribution in [1.82, 2.24) is 24.1 Å². The molecule has 0 N–H and O–H groups in total. The van der Waals surface area contributed by atoms with E-state index in [-0.39, 0.29) is 89.3 Å². The molecule has 3 aromatic heterocycles. The zero-order chi connectivity index (χ0) is 91.5. The predicted molar refractivity (Wildman–Crippen MR) is 458 cm³/mol. The van der Waals surface area contributed by atoms with Gasteiger partial charge in [0.2, 0.25) is 0 Å². The van der Waals surface area contributed by atoms with Crippen LogP contribution in [-0.2, 0) is 10.8 Å². The lowest BCUT2D eigenvalue weighted by Gasteiger charge is -2.46. The number of anilines is 6. The summed E-state index contributed by atoms with van der Waals surface area (Å²) in [4.78, 5) is 20.6. The van der Waals surface area contributed by atoms with Gasteiger partial charge < -0.3 is 18.9 Å². The number of benzene rings is 15. The molecule has 7 nitrogen and oxygen atoms in total. The van der Waals surface area contributed by atoms with Crippen molar-refractivity contribution < 1.29 is 28.8 Å². The highest BCUT2D eigenvalue weighted by Crippen LogP contribution is 2.56. The fourth-order valence-electron chi connectivity index (χ4n) is 15.9. The minimum Gasteiger partial charge on any atom is -0.310 e. The minimum atomic E-state index is -1.07. The molecular weight excluding hydrogens is 1320 g/mol.